The van der Waals surface area contributed by atoms with E-state index in [9.17, 15) is 0 Å². The molecule has 16 heavy (non-hydrogen) atoms. The number of piperidine rings is 1. The second-order valence-electron chi connectivity index (χ2n) is 4.01. The molecular weight excluding hydrogens is 196 g/mol. The van der Waals surface area contributed by atoms with Crippen LogP contribution < -0.4 is 0 Å². The maximum atomic E-state index is 4.07. The van der Waals surface area contributed by atoms with E-state index >= 15 is 0 Å². The van der Waals surface area contributed by atoms with Crippen LogP contribution in [0.2, 0.25) is 0 Å². The fourth-order valence-corrected chi connectivity index (χ4v) is 2.25. The molecule has 2 heteroatoms. The molecule has 1 fully saturated rings. The molecule has 0 aromatic carbocycles. The Morgan fingerprint density at radius 3 is 2.62 bits per heavy atom. The van der Waals surface area contributed by atoms with Gasteiger partial charge < -0.3 is 4.90 Å². The highest BCUT2D eigenvalue weighted by Gasteiger charge is 2.19. The molecule has 0 bridgehead atoms. The lowest BCUT2D eigenvalue weighted by molar-refractivity contribution is 0.218. The minimum atomic E-state index is 0.728. The van der Waals surface area contributed by atoms with Crippen molar-refractivity contribution in [2.75, 3.05) is 19.6 Å². The molecule has 2 nitrogen and oxygen atoms in total. The summed E-state index contributed by atoms with van der Waals surface area (Å²) in [7, 11) is 0. The molecule has 2 heterocycles. The van der Waals surface area contributed by atoms with Crippen molar-refractivity contribution in [3.05, 3.63) is 30.1 Å². The summed E-state index contributed by atoms with van der Waals surface area (Å²) in [6.07, 6.45) is 6.47. The Labute approximate surface area is 99.7 Å². The standard InChI is InChI=1S/C12H18N2.C2H6/c1-2-14-9-3-4-12(10-14)11-5-7-13-8-6-11;1-2/h5-8,12H,2-4,9-10H2,1H3;1-2H3. The predicted octanol–water partition coefficient (Wildman–Crippen LogP) is 3.31. The van der Waals surface area contributed by atoms with Crippen LogP contribution >= 0.6 is 0 Å². The third-order valence-corrected chi connectivity index (χ3v) is 3.13. The highest BCUT2D eigenvalue weighted by atomic mass is 15.1. The summed E-state index contributed by atoms with van der Waals surface area (Å²) in [6.45, 7) is 9.93. The van der Waals surface area contributed by atoms with E-state index in [4.69, 9.17) is 0 Å². The average Bonchev–Trinajstić information content (AvgIpc) is 2.42. The predicted molar refractivity (Wildman–Crippen MR) is 69.7 cm³/mol. The topological polar surface area (TPSA) is 16.1 Å². The maximum Gasteiger partial charge on any atom is 0.0270 e. The van der Waals surface area contributed by atoms with Gasteiger partial charge in [-0.1, -0.05) is 20.8 Å². The van der Waals surface area contributed by atoms with Gasteiger partial charge in [0.05, 0.1) is 0 Å². The fraction of sp³-hybridized carbons (Fsp3) is 0.643. The number of likely N-dealkylation sites (N-methyl/N-ethyl adjacent to an activating group) is 1. The van der Waals surface area contributed by atoms with Crippen molar-refractivity contribution in [1.29, 1.82) is 0 Å². The normalized spacial score (nSPS) is 21.1. The van der Waals surface area contributed by atoms with Crippen LogP contribution in [0.1, 0.15) is 45.1 Å². The van der Waals surface area contributed by atoms with Crippen LogP contribution in [0.5, 0.6) is 0 Å². The van der Waals surface area contributed by atoms with Gasteiger partial charge in [-0.15, -0.1) is 0 Å². The SMILES string of the molecule is CC.CCN1CCCC(c2ccncc2)C1. The Morgan fingerprint density at radius 2 is 2.00 bits per heavy atom. The molecule has 0 saturated carbocycles. The molecule has 1 aromatic heterocycles. The lowest BCUT2D eigenvalue weighted by atomic mass is 9.91. The van der Waals surface area contributed by atoms with Gasteiger partial charge in [-0.25, -0.2) is 0 Å². The van der Waals surface area contributed by atoms with Crippen molar-refractivity contribution in [3.63, 3.8) is 0 Å². The Bertz CT molecular complexity index is 271. The van der Waals surface area contributed by atoms with Gasteiger partial charge in [-0.2, -0.15) is 0 Å². The zero-order valence-electron chi connectivity index (χ0n) is 10.8. The third kappa shape index (κ3) is 3.60. The Hall–Kier alpha value is -0.890. The van der Waals surface area contributed by atoms with Crippen LogP contribution in [0, 0.1) is 0 Å². The van der Waals surface area contributed by atoms with Gasteiger partial charge in [0.1, 0.15) is 0 Å². The van der Waals surface area contributed by atoms with E-state index in [1.807, 2.05) is 26.2 Å². The van der Waals surface area contributed by atoms with Crippen molar-refractivity contribution in [3.8, 4) is 0 Å². The Kier molecular flexibility index (Phi) is 6.09. The summed E-state index contributed by atoms with van der Waals surface area (Å²) in [5.74, 6) is 0.728. The average molecular weight is 220 g/mol. The van der Waals surface area contributed by atoms with E-state index in [0.29, 0.717) is 0 Å². The molecule has 1 aliphatic heterocycles. The largest absolute Gasteiger partial charge is 0.303 e. The van der Waals surface area contributed by atoms with E-state index in [1.165, 1.54) is 38.0 Å². The summed E-state index contributed by atoms with van der Waals surface area (Å²) < 4.78 is 0. The Morgan fingerprint density at radius 1 is 1.31 bits per heavy atom. The molecule has 1 unspecified atom stereocenters. The van der Waals surface area contributed by atoms with Crippen LogP contribution in [-0.2, 0) is 0 Å². The van der Waals surface area contributed by atoms with Crippen LogP contribution in [0.3, 0.4) is 0 Å². The van der Waals surface area contributed by atoms with Crippen LogP contribution in [-0.4, -0.2) is 29.5 Å². The molecule has 0 spiro atoms. The third-order valence-electron chi connectivity index (χ3n) is 3.13. The first-order valence-corrected chi connectivity index (χ1v) is 6.52. The van der Waals surface area contributed by atoms with Gasteiger partial charge in [0.15, 0.2) is 0 Å². The molecular formula is C14H24N2. The second kappa shape index (κ2) is 7.39. The number of hydrogen-bond donors (Lipinski definition) is 0. The molecule has 1 aliphatic rings. The van der Waals surface area contributed by atoms with Gasteiger partial charge in [0.25, 0.3) is 0 Å². The Balaban J connectivity index is 0.000000606. The minimum Gasteiger partial charge on any atom is -0.303 e. The van der Waals surface area contributed by atoms with Gasteiger partial charge in [0, 0.05) is 18.9 Å². The molecule has 0 aliphatic carbocycles. The van der Waals surface area contributed by atoms with E-state index in [-0.39, 0.29) is 0 Å². The van der Waals surface area contributed by atoms with Gasteiger partial charge in [-0.05, 0) is 49.5 Å². The number of aromatic nitrogens is 1. The van der Waals surface area contributed by atoms with Crippen LogP contribution in [0.4, 0.5) is 0 Å². The summed E-state index contributed by atoms with van der Waals surface area (Å²) in [5, 5.41) is 0. The molecule has 1 saturated heterocycles. The lowest BCUT2D eigenvalue weighted by Crippen LogP contribution is -2.34. The first-order chi connectivity index (χ1) is 7.90. The van der Waals surface area contributed by atoms with Gasteiger partial charge in [0.2, 0.25) is 0 Å². The zero-order valence-corrected chi connectivity index (χ0v) is 10.8. The van der Waals surface area contributed by atoms with E-state index in [2.05, 4.69) is 28.9 Å². The first kappa shape index (κ1) is 13.2. The van der Waals surface area contributed by atoms with E-state index < -0.39 is 0 Å². The van der Waals surface area contributed by atoms with E-state index in [1.54, 1.807) is 0 Å². The molecule has 90 valence electrons. The van der Waals surface area contributed by atoms with Crippen LogP contribution in [0.15, 0.2) is 24.5 Å². The van der Waals surface area contributed by atoms with Crippen molar-refractivity contribution in [1.82, 2.24) is 9.88 Å². The second-order valence-corrected chi connectivity index (χ2v) is 4.01. The molecule has 1 aromatic rings. The minimum absolute atomic E-state index is 0.728. The number of rotatable bonds is 2. The monoisotopic (exact) mass is 220 g/mol. The van der Waals surface area contributed by atoms with Gasteiger partial charge >= 0.3 is 0 Å². The van der Waals surface area contributed by atoms with E-state index in [0.717, 1.165) is 5.92 Å². The highest BCUT2D eigenvalue weighted by Crippen LogP contribution is 2.25. The zero-order chi connectivity index (χ0) is 11.8. The first-order valence-electron chi connectivity index (χ1n) is 6.52. The molecule has 2 rings (SSSR count). The highest BCUT2D eigenvalue weighted by molar-refractivity contribution is 5.16. The number of nitrogens with zero attached hydrogens (tertiary/aromatic N) is 2. The molecule has 1 atom stereocenters. The van der Waals surface area contributed by atoms with Crippen molar-refractivity contribution in [2.24, 2.45) is 0 Å². The number of likely N-dealkylation sites (tertiary alicyclic amines) is 1. The van der Waals surface area contributed by atoms with Crippen molar-refractivity contribution < 1.29 is 0 Å². The van der Waals surface area contributed by atoms with Gasteiger partial charge in [-0.3, -0.25) is 4.98 Å². The number of pyridine rings is 1. The van der Waals surface area contributed by atoms with Crippen molar-refractivity contribution >= 4 is 0 Å². The van der Waals surface area contributed by atoms with Crippen LogP contribution in [0.25, 0.3) is 0 Å². The number of hydrogen-bond acceptors (Lipinski definition) is 2. The van der Waals surface area contributed by atoms with Crippen molar-refractivity contribution in [2.45, 2.75) is 39.5 Å². The summed E-state index contributed by atoms with van der Waals surface area (Å²) in [5.41, 5.74) is 1.46. The summed E-state index contributed by atoms with van der Waals surface area (Å²) in [4.78, 5) is 6.60. The maximum absolute atomic E-state index is 4.07. The smallest absolute Gasteiger partial charge is 0.0270 e. The fourth-order valence-electron chi connectivity index (χ4n) is 2.25. The molecule has 0 amide bonds. The summed E-state index contributed by atoms with van der Waals surface area (Å²) >= 11 is 0. The summed E-state index contributed by atoms with van der Waals surface area (Å²) in [6, 6.07) is 4.31. The lowest BCUT2D eigenvalue weighted by Gasteiger charge is -2.31. The quantitative estimate of drug-likeness (QED) is 0.760. The molecule has 0 N–H and O–H groups in total. The molecule has 0 radical (unpaired) electrons.